The maximum absolute atomic E-state index is 2.45. The van der Waals surface area contributed by atoms with Gasteiger partial charge in [0, 0.05) is 0 Å². The Kier molecular flexibility index (Phi) is 6.08. The molecule has 0 aliphatic carbocycles. The minimum atomic E-state index is -0.0719. The van der Waals surface area contributed by atoms with Gasteiger partial charge >= 0.3 is 0 Å². The first-order chi connectivity index (χ1) is 10.7. The van der Waals surface area contributed by atoms with Gasteiger partial charge in [0.05, 0.1) is 10.7 Å². The quantitative estimate of drug-likeness (QED) is 0.224. The Morgan fingerprint density at radius 2 is 0.727 bits per heavy atom. The van der Waals surface area contributed by atoms with Crippen LogP contribution in [0.15, 0.2) is 87.5 Å². The molecule has 0 amide bonds. The van der Waals surface area contributed by atoms with Crippen molar-refractivity contribution in [2.75, 3.05) is 0 Å². The van der Waals surface area contributed by atoms with Crippen LogP contribution in [0.1, 0.15) is 0 Å². The van der Waals surface area contributed by atoms with Crippen LogP contribution in [0.5, 0.6) is 0 Å². The summed E-state index contributed by atoms with van der Waals surface area (Å²) in [6.07, 6.45) is 0. The highest BCUT2D eigenvalue weighted by Gasteiger charge is 2.33. The molecule has 3 rings (SSSR count). The second kappa shape index (κ2) is 7.85. The number of hydrogen-bond donors (Lipinski definition) is 0. The highest BCUT2D eigenvalue weighted by atomic mass is 127. The Balaban J connectivity index is 2.27. The molecule has 22 heavy (non-hydrogen) atoms. The van der Waals surface area contributed by atoms with E-state index in [-0.39, 0.29) is 10.9 Å². The molecule has 0 aromatic heterocycles. The van der Waals surface area contributed by atoms with Crippen LogP contribution >= 0.6 is 67.8 Å². The van der Waals surface area contributed by atoms with Gasteiger partial charge in [0.2, 0.25) is 0 Å². The van der Waals surface area contributed by atoms with E-state index in [1.165, 1.54) is 25.4 Å². The fourth-order valence-corrected chi connectivity index (χ4v) is 7.47. The Morgan fingerprint density at radius 1 is 0.455 bits per heavy atom. The minimum absolute atomic E-state index is 0.0719. The molecule has 0 fully saturated rings. The van der Waals surface area contributed by atoms with E-state index in [2.05, 4.69) is 141 Å². The van der Waals surface area contributed by atoms with E-state index in [0.29, 0.717) is 0 Å². The maximum atomic E-state index is 2.45. The van der Waals surface area contributed by atoms with Crippen molar-refractivity contribution in [2.24, 2.45) is 0 Å². The molecular weight excluding hydrogens is 629 g/mol. The maximum Gasteiger partial charge on any atom is 0.179 e. The lowest BCUT2D eigenvalue weighted by molar-refractivity contribution is 1.26. The number of benzene rings is 3. The van der Waals surface area contributed by atoms with Crippen LogP contribution in [0.2, 0.25) is 0 Å². The van der Waals surface area contributed by atoms with E-state index in [1.54, 1.807) is 0 Å². The lowest BCUT2D eigenvalue weighted by Crippen LogP contribution is -2.09. The average Bonchev–Trinajstić information content (AvgIpc) is 2.53. The summed E-state index contributed by atoms with van der Waals surface area (Å²) in [5.41, 5.74) is 0. The van der Waals surface area contributed by atoms with Gasteiger partial charge in [-0.25, -0.2) is 0 Å². The molecule has 0 aliphatic rings. The molecule has 0 aliphatic heterocycles. The van der Waals surface area contributed by atoms with Gasteiger partial charge in [-0.2, -0.15) is 0 Å². The van der Waals surface area contributed by atoms with E-state index in [1.807, 2.05) is 0 Å². The normalized spacial score (nSPS) is 10.9. The molecule has 0 unspecified atom stereocenters. The summed E-state index contributed by atoms with van der Waals surface area (Å²) in [6, 6.07) is 26.1. The fourth-order valence-electron chi connectivity index (χ4n) is 2.19. The van der Waals surface area contributed by atoms with Gasteiger partial charge in [-0.05, 0) is 104 Å². The molecule has 0 N–H and O–H groups in total. The van der Waals surface area contributed by atoms with E-state index in [9.17, 15) is 0 Å². The zero-order valence-electron chi connectivity index (χ0n) is 11.5. The Bertz CT molecular complexity index is 693. The van der Waals surface area contributed by atoms with Crippen LogP contribution in [0, 0.1) is 10.7 Å². The predicted octanol–water partition coefficient (Wildman–Crippen LogP) is 6.60. The van der Waals surface area contributed by atoms with E-state index >= 15 is 0 Å². The SMILES string of the molecule is Ic1ccccc1[S+](c1ccccc1I)c1ccccc1I. The topological polar surface area (TPSA) is 0 Å². The van der Waals surface area contributed by atoms with E-state index < -0.39 is 0 Å². The molecule has 0 atom stereocenters. The summed E-state index contributed by atoms with van der Waals surface area (Å²) in [7, 11) is -0.0719. The molecule has 0 saturated carbocycles. The highest BCUT2D eigenvalue weighted by molar-refractivity contribution is 14.1. The van der Waals surface area contributed by atoms with E-state index in [0.717, 1.165) is 0 Å². The van der Waals surface area contributed by atoms with Crippen molar-refractivity contribution in [3.63, 3.8) is 0 Å². The third-order valence-corrected chi connectivity index (χ3v) is 9.48. The van der Waals surface area contributed by atoms with Crippen molar-refractivity contribution in [3.05, 3.63) is 83.5 Å². The molecule has 3 aromatic carbocycles. The van der Waals surface area contributed by atoms with E-state index in [4.69, 9.17) is 0 Å². The molecule has 0 nitrogen and oxygen atoms in total. The molecule has 4 heteroatoms. The summed E-state index contributed by atoms with van der Waals surface area (Å²) in [5, 5.41) is 0. The number of rotatable bonds is 3. The zero-order valence-corrected chi connectivity index (χ0v) is 18.8. The molecule has 0 radical (unpaired) electrons. The summed E-state index contributed by atoms with van der Waals surface area (Å²) in [6.45, 7) is 0. The lowest BCUT2D eigenvalue weighted by atomic mass is 10.4. The first kappa shape index (κ1) is 17.0. The minimum Gasteiger partial charge on any atom is -0.0608 e. The van der Waals surface area contributed by atoms with Crippen molar-refractivity contribution in [3.8, 4) is 0 Å². The van der Waals surface area contributed by atoms with Crippen molar-refractivity contribution in [2.45, 2.75) is 14.7 Å². The predicted molar refractivity (Wildman–Crippen MR) is 120 cm³/mol. The van der Waals surface area contributed by atoms with Crippen LogP contribution in [-0.4, -0.2) is 0 Å². The third kappa shape index (κ3) is 3.64. The lowest BCUT2D eigenvalue weighted by Gasteiger charge is -2.12. The third-order valence-electron chi connectivity index (χ3n) is 3.17. The van der Waals surface area contributed by atoms with Gasteiger partial charge in [0.1, 0.15) is 10.9 Å². The van der Waals surface area contributed by atoms with Gasteiger partial charge in [-0.1, -0.05) is 36.4 Å². The Labute approximate surface area is 174 Å². The summed E-state index contributed by atoms with van der Waals surface area (Å²) in [4.78, 5) is 4.20. The summed E-state index contributed by atoms with van der Waals surface area (Å²) in [5.74, 6) is 0. The molecule has 0 saturated heterocycles. The van der Waals surface area contributed by atoms with Crippen LogP contribution in [0.4, 0.5) is 0 Å². The molecule has 3 aromatic rings. The fraction of sp³-hybridized carbons (Fsp3) is 0. The monoisotopic (exact) mass is 641 g/mol. The number of hydrogen-bond acceptors (Lipinski definition) is 0. The van der Waals surface area contributed by atoms with Gasteiger partial charge < -0.3 is 0 Å². The van der Waals surface area contributed by atoms with Crippen molar-refractivity contribution in [1.29, 1.82) is 0 Å². The first-order valence-electron chi connectivity index (χ1n) is 6.66. The van der Waals surface area contributed by atoms with Gasteiger partial charge in [-0.3, -0.25) is 0 Å². The van der Waals surface area contributed by atoms with Crippen molar-refractivity contribution >= 4 is 78.7 Å². The second-order valence-corrected chi connectivity index (χ2v) is 10.0. The smallest absolute Gasteiger partial charge is 0.0608 e. The number of halogens is 3. The molecule has 0 heterocycles. The molecule has 110 valence electrons. The van der Waals surface area contributed by atoms with Crippen LogP contribution in [-0.2, 0) is 10.9 Å². The zero-order chi connectivity index (χ0) is 15.5. The van der Waals surface area contributed by atoms with Crippen molar-refractivity contribution in [1.82, 2.24) is 0 Å². The van der Waals surface area contributed by atoms with Crippen LogP contribution in [0.25, 0.3) is 0 Å². The molecular formula is C18H12I3S+. The highest BCUT2D eigenvalue weighted by Crippen LogP contribution is 2.37. The van der Waals surface area contributed by atoms with Gasteiger partial charge in [-0.15, -0.1) is 0 Å². The molecule has 0 spiro atoms. The Morgan fingerprint density at radius 3 is 1.00 bits per heavy atom. The van der Waals surface area contributed by atoms with Crippen LogP contribution in [0.3, 0.4) is 0 Å². The van der Waals surface area contributed by atoms with Crippen molar-refractivity contribution < 1.29 is 0 Å². The summed E-state index contributed by atoms with van der Waals surface area (Å²) < 4.78 is 3.97. The molecule has 0 bridgehead atoms. The first-order valence-corrected chi connectivity index (χ1v) is 11.1. The van der Waals surface area contributed by atoms with Gasteiger partial charge in [0.25, 0.3) is 0 Å². The van der Waals surface area contributed by atoms with Crippen LogP contribution < -0.4 is 0 Å². The average molecular weight is 641 g/mol. The van der Waals surface area contributed by atoms with Gasteiger partial charge in [0.15, 0.2) is 14.7 Å². The largest absolute Gasteiger partial charge is 0.179 e. The Hall–Kier alpha value is 0.200. The summed E-state index contributed by atoms with van der Waals surface area (Å²) >= 11 is 7.36. The standard InChI is InChI=1S/C18H12I3S/c19-13-7-1-4-10-16(13)22(17-11-5-2-8-14(17)20)18-12-6-3-9-15(18)21/h1-12H/q+1. The second-order valence-electron chi connectivity index (χ2n) is 4.60.